The van der Waals surface area contributed by atoms with Gasteiger partial charge in [-0.2, -0.15) is 0 Å². The van der Waals surface area contributed by atoms with Gasteiger partial charge < -0.3 is 48.5 Å². The van der Waals surface area contributed by atoms with E-state index in [0.29, 0.717) is 36.4 Å². The number of hydrogen-bond acceptors (Lipinski definition) is 12. The van der Waals surface area contributed by atoms with Crippen molar-refractivity contribution in [2.75, 3.05) is 26.3 Å². The maximum absolute atomic E-state index is 11.6. The van der Waals surface area contributed by atoms with E-state index in [2.05, 4.69) is 20.9 Å². The number of phenols is 1. The first-order chi connectivity index (χ1) is 25.2. The fourth-order valence-electron chi connectivity index (χ4n) is 4.25. The van der Waals surface area contributed by atoms with Crippen molar-refractivity contribution < 1.29 is 47.4 Å². The summed E-state index contributed by atoms with van der Waals surface area (Å²) in [6, 6.07) is 27.4. The summed E-state index contributed by atoms with van der Waals surface area (Å²) in [4.78, 5) is 23.0. The Bertz CT molecular complexity index is 1840. The van der Waals surface area contributed by atoms with Gasteiger partial charge in [0.15, 0.2) is 11.5 Å². The number of nitrogens with one attached hydrogen (secondary N) is 2. The number of ether oxygens (including phenoxy) is 5. The fraction of sp³-hybridized carbons (Fsp3) is 0.333. The van der Waals surface area contributed by atoms with E-state index < -0.39 is 23.4 Å². The van der Waals surface area contributed by atoms with Crippen molar-refractivity contribution in [1.82, 2.24) is 20.9 Å². The molecule has 282 valence electrons. The zero-order chi connectivity index (χ0) is 38.3. The summed E-state index contributed by atoms with van der Waals surface area (Å²) in [5.41, 5.74) is 1.68. The van der Waals surface area contributed by atoms with Crippen LogP contribution < -0.4 is 24.8 Å². The molecule has 0 unspecified atom stereocenters. The fourth-order valence-corrected chi connectivity index (χ4v) is 4.25. The van der Waals surface area contributed by atoms with Crippen molar-refractivity contribution in [3.63, 3.8) is 0 Å². The molecule has 3 aromatic carbocycles. The maximum atomic E-state index is 11.6. The van der Waals surface area contributed by atoms with Gasteiger partial charge in [0.1, 0.15) is 42.5 Å². The highest BCUT2D eigenvalue weighted by atomic mass is 16.6. The number of rotatable bonds is 13. The van der Waals surface area contributed by atoms with Crippen LogP contribution in [0.25, 0.3) is 22.6 Å². The third-order valence-corrected chi connectivity index (χ3v) is 6.56. The first-order valence-electron chi connectivity index (χ1n) is 16.9. The molecule has 2 amide bonds. The van der Waals surface area contributed by atoms with Gasteiger partial charge >= 0.3 is 12.2 Å². The molecule has 3 N–H and O–H groups in total. The highest BCUT2D eigenvalue weighted by Crippen LogP contribution is 2.27. The normalized spacial score (nSPS) is 11.1. The number of benzene rings is 3. The molecule has 14 nitrogen and oxygen atoms in total. The SMILES string of the molecule is CC(C)(C)OC(=O)NCCOc1cc(-c2ccc(O)cc2)on1.CC(C)(C)OC(=O)NCCOc1cc(-c2ccc(OCc3ccccc3)cc2)on1. The molecular weight excluding hydrogens is 684 g/mol. The quantitative estimate of drug-likeness (QED) is 0.100. The van der Waals surface area contributed by atoms with E-state index in [4.69, 9.17) is 32.7 Å². The van der Waals surface area contributed by atoms with E-state index in [9.17, 15) is 14.7 Å². The molecule has 0 atom stereocenters. The van der Waals surface area contributed by atoms with Crippen LogP contribution in [-0.4, -0.2) is 65.1 Å². The van der Waals surface area contributed by atoms with Crippen LogP contribution in [0.15, 0.2) is 100 Å². The Morgan fingerprint density at radius 1 is 0.642 bits per heavy atom. The van der Waals surface area contributed by atoms with E-state index in [0.717, 1.165) is 22.4 Å². The summed E-state index contributed by atoms with van der Waals surface area (Å²) in [5.74, 6) is 2.73. The van der Waals surface area contributed by atoms with Crippen molar-refractivity contribution in [1.29, 1.82) is 0 Å². The van der Waals surface area contributed by atoms with E-state index in [-0.39, 0.29) is 25.5 Å². The second kappa shape index (κ2) is 18.9. The Labute approximate surface area is 308 Å². The average Bonchev–Trinajstić information content (AvgIpc) is 3.78. The van der Waals surface area contributed by atoms with Crippen LogP contribution in [0.4, 0.5) is 9.59 Å². The van der Waals surface area contributed by atoms with Gasteiger partial charge in [-0.15, -0.1) is 0 Å². The minimum absolute atomic E-state index is 0.179. The van der Waals surface area contributed by atoms with Crippen LogP contribution in [0.2, 0.25) is 0 Å². The highest BCUT2D eigenvalue weighted by molar-refractivity contribution is 5.68. The molecule has 14 heteroatoms. The molecule has 0 aliphatic carbocycles. The third kappa shape index (κ3) is 14.9. The summed E-state index contributed by atoms with van der Waals surface area (Å²) in [6.07, 6.45) is -0.979. The molecule has 2 aromatic heterocycles. The summed E-state index contributed by atoms with van der Waals surface area (Å²) in [6.45, 7) is 12.4. The lowest BCUT2D eigenvalue weighted by molar-refractivity contribution is 0.0508. The van der Waals surface area contributed by atoms with Crippen LogP contribution in [0.3, 0.4) is 0 Å². The van der Waals surface area contributed by atoms with Gasteiger partial charge in [0.2, 0.25) is 0 Å². The van der Waals surface area contributed by atoms with Gasteiger partial charge in [-0.25, -0.2) is 9.59 Å². The maximum Gasteiger partial charge on any atom is 0.407 e. The third-order valence-electron chi connectivity index (χ3n) is 6.56. The molecule has 0 fully saturated rings. The van der Waals surface area contributed by atoms with Crippen LogP contribution in [0.5, 0.6) is 23.3 Å². The number of alkyl carbamates (subject to hydrolysis) is 2. The molecule has 53 heavy (non-hydrogen) atoms. The van der Waals surface area contributed by atoms with Crippen LogP contribution in [0, 0.1) is 0 Å². The largest absolute Gasteiger partial charge is 0.508 e. The van der Waals surface area contributed by atoms with Crippen LogP contribution in [0.1, 0.15) is 47.1 Å². The number of carbonyl (C=O) groups excluding carboxylic acids is 2. The second-order valence-electron chi connectivity index (χ2n) is 13.5. The van der Waals surface area contributed by atoms with Crippen LogP contribution in [-0.2, 0) is 16.1 Å². The minimum Gasteiger partial charge on any atom is -0.508 e. The summed E-state index contributed by atoms with van der Waals surface area (Å²) >= 11 is 0. The van der Waals surface area contributed by atoms with Crippen molar-refractivity contribution in [2.45, 2.75) is 59.4 Å². The van der Waals surface area contributed by atoms with Gasteiger partial charge in [-0.3, -0.25) is 0 Å². The molecule has 2 heterocycles. The summed E-state index contributed by atoms with van der Waals surface area (Å²) in [7, 11) is 0. The lowest BCUT2D eigenvalue weighted by Gasteiger charge is -2.19. The number of nitrogens with zero attached hydrogens (tertiary/aromatic N) is 2. The first kappa shape index (κ1) is 39.6. The van der Waals surface area contributed by atoms with E-state index in [1.165, 1.54) is 0 Å². The number of carbonyl (C=O) groups is 2. The monoisotopic (exact) mass is 730 g/mol. The van der Waals surface area contributed by atoms with Crippen LogP contribution >= 0.6 is 0 Å². The average molecular weight is 731 g/mol. The minimum atomic E-state index is -0.534. The lowest BCUT2D eigenvalue weighted by atomic mass is 10.1. The van der Waals surface area contributed by atoms with Gasteiger partial charge in [0.05, 0.1) is 13.1 Å². The Balaban J connectivity index is 0.000000245. The van der Waals surface area contributed by atoms with Gasteiger partial charge in [0, 0.05) is 23.3 Å². The number of aromatic nitrogens is 2. The number of amides is 2. The first-order valence-corrected chi connectivity index (χ1v) is 16.9. The van der Waals surface area contributed by atoms with Gasteiger partial charge in [-0.05, 0) is 106 Å². The Hall–Kier alpha value is -6.18. The number of phenolic OH excluding ortho intramolecular Hbond substituents is 1. The van der Waals surface area contributed by atoms with Crippen molar-refractivity contribution in [3.05, 3.63) is 96.6 Å². The Morgan fingerprint density at radius 2 is 1.09 bits per heavy atom. The predicted molar refractivity (Wildman–Crippen MR) is 196 cm³/mol. The van der Waals surface area contributed by atoms with Crippen molar-refractivity contribution >= 4 is 12.2 Å². The van der Waals surface area contributed by atoms with E-state index >= 15 is 0 Å². The van der Waals surface area contributed by atoms with E-state index in [1.54, 1.807) is 57.2 Å². The molecule has 0 saturated heterocycles. The number of hydrogen-bond donors (Lipinski definition) is 3. The molecule has 0 aliphatic rings. The molecule has 0 spiro atoms. The Morgan fingerprint density at radius 3 is 1.55 bits per heavy atom. The predicted octanol–water partition coefficient (Wildman–Crippen LogP) is 7.77. The standard InChI is InChI=1S/C23H26N2O5.C16H20N2O5/c1-23(2,3)29-22(26)24-13-14-27-21-15-20(30-25-21)18-9-11-19(12-10-18)28-16-17-7-5-4-6-8-17;1-16(2,3)22-15(20)17-8-9-21-14-10-13(23-18-14)11-4-6-12(19)7-5-11/h4-12,15H,13-14,16H2,1-3H3,(H,24,26);4-7,10,19H,8-9H2,1-3H3,(H,17,20). The highest BCUT2D eigenvalue weighted by Gasteiger charge is 2.17. The van der Waals surface area contributed by atoms with Crippen molar-refractivity contribution in [2.24, 2.45) is 0 Å². The topological polar surface area (TPSA) is 177 Å². The smallest absolute Gasteiger partial charge is 0.407 e. The lowest BCUT2D eigenvalue weighted by Crippen LogP contribution is -2.34. The molecule has 0 saturated carbocycles. The van der Waals surface area contributed by atoms with Crippen molar-refractivity contribution in [3.8, 4) is 45.9 Å². The number of aromatic hydroxyl groups is 1. The molecule has 5 rings (SSSR count). The van der Waals surface area contributed by atoms with E-state index in [1.807, 2.05) is 75.4 Å². The molecule has 0 aliphatic heterocycles. The summed E-state index contributed by atoms with van der Waals surface area (Å²) in [5, 5.41) is 22.1. The molecule has 0 radical (unpaired) electrons. The van der Waals surface area contributed by atoms with Gasteiger partial charge in [0.25, 0.3) is 11.8 Å². The zero-order valence-electron chi connectivity index (χ0n) is 30.7. The second-order valence-corrected chi connectivity index (χ2v) is 13.5. The van der Waals surface area contributed by atoms with Gasteiger partial charge in [-0.1, -0.05) is 30.3 Å². The summed E-state index contributed by atoms with van der Waals surface area (Å²) < 4.78 is 37.4. The zero-order valence-corrected chi connectivity index (χ0v) is 30.7. The molecular formula is C39H46N4O10. The molecule has 5 aromatic rings. The Kier molecular flexibility index (Phi) is 14.1. The molecule has 0 bridgehead atoms.